The van der Waals surface area contributed by atoms with Gasteiger partial charge in [-0.15, -0.1) is 0 Å². The van der Waals surface area contributed by atoms with Gasteiger partial charge in [0.15, 0.2) is 0 Å². The number of nitrogens with one attached hydrogen (secondary N) is 2. The summed E-state index contributed by atoms with van der Waals surface area (Å²) in [5.41, 5.74) is 0. The maximum Gasteiger partial charge on any atom is 0.244 e. The second-order valence-corrected chi connectivity index (χ2v) is 5.17. The molecule has 0 aliphatic heterocycles. The van der Waals surface area contributed by atoms with Crippen molar-refractivity contribution in [3.05, 3.63) is 60.8 Å². The monoisotopic (exact) mass is 338 g/mol. The molecule has 8 heteroatoms. The smallest absolute Gasteiger partial charge is 0.244 e. The fourth-order valence-electron chi connectivity index (χ4n) is 2.17. The van der Waals surface area contributed by atoms with Crippen LogP contribution < -0.4 is 10.6 Å². The first-order valence-corrected chi connectivity index (χ1v) is 7.78. The van der Waals surface area contributed by atoms with Crippen LogP contribution in [0.5, 0.6) is 0 Å². The minimum absolute atomic E-state index is 0.185. The van der Waals surface area contributed by atoms with Crippen molar-refractivity contribution < 1.29 is 9.21 Å². The summed E-state index contributed by atoms with van der Waals surface area (Å²) in [5.74, 6) is 2.71. The molecule has 3 heterocycles. The van der Waals surface area contributed by atoms with Gasteiger partial charge in [0.05, 0.1) is 6.26 Å². The van der Waals surface area contributed by atoms with Gasteiger partial charge in [0.1, 0.15) is 29.5 Å². The molecule has 128 valence electrons. The molecule has 0 saturated heterocycles. The number of carbonyl (C=O) groups excluding carboxylic acids is 1. The van der Waals surface area contributed by atoms with Crippen molar-refractivity contribution in [2.45, 2.75) is 6.92 Å². The van der Waals surface area contributed by atoms with E-state index in [0.717, 1.165) is 11.6 Å². The Morgan fingerprint density at radius 3 is 3.00 bits per heavy atom. The number of rotatable bonds is 7. The number of nitrogens with zero attached hydrogens (tertiary/aromatic N) is 4. The van der Waals surface area contributed by atoms with Gasteiger partial charge in [-0.2, -0.15) is 0 Å². The molecular formula is C17H18N6O2. The molecular weight excluding hydrogens is 320 g/mol. The highest BCUT2D eigenvalue weighted by molar-refractivity contribution is 5.91. The molecule has 0 bridgehead atoms. The standard InChI is InChI=1S/C17H18N6O2/c1-13-18-8-9-23(13)16-11-15(21-12-22-16)19-6-7-20-17(24)5-4-14-3-2-10-25-14/h2-5,8-12H,6-7H2,1H3,(H,20,24)(H,19,21,22)/b5-4+. The summed E-state index contributed by atoms with van der Waals surface area (Å²) in [6.07, 6.45) is 9.66. The number of imidazole rings is 1. The fourth-order valence-corrected chi connectivity index (χ4v) is 2.17. The van der Waals surface area contributed by atoms with Gasteiger partial charge in [0.2, 0.25) is 5.91 Å². The summed E-state index contributed by atoms with van der Waals surface area (Å²) < 4.78 is 6.99. The zero-order valence-corrected chi connectivity index (χ0v) is 13.7. The van der Waals surface area contributed by atoms with E-state index in [1.54, 1.807) is 30.7 Å². The molecule has 0 radical (unpaired) electrons. The number of furan rings is 1. The Balaban J connectivity index is 1.46. The first kappa shape index (κ1) is 16.4. The van der Waals surface area contributed by atoms with Crippen LogP contribution in [0.25, 0.3) is 11.9 Å². The lowest BCUT2D eigenvalue weighted by Crippen LogP contribution is -2.27. The first-order chi connectivity index (χ1) is 12.2. The van der Waals surface area contributed by atoms with Crippen molar-refractivity contribution in [1.29, 1.82) is 0 Å². The van der Waals surface area contributed by atoms with Crippen LogP contribution in [0.1, 0.15) is 11.6 Å². The molecule has 3 aromatic rings. The van der Waals surface area contributed by atoms with Crippen LogP contribution >= 0.6 is 0 Å². The summed E-state index contributed by atoms with van der Waals surface area (Å²) >= 11 is 0. The average Bonchev–Trinajstić information content (AvgIpc) is 3.28. The lowest BCUT2D eigenvalue weighted by atomic mass is 10.4. The molecule has 0 aromatic carbocycles. The minimum Gasteiger partial charge on any atom is -0.465 e. The van der Waals surface area contributed by atoms with Gasteiger partial charge >= 0.3 is 0 Å². The van der Waals surface area contributed by atoms with Crippen LogP contribution in [-0.2, 0) is 4.79 Å². The molecule has 8 nitrogen and oxygen atoms in total. The Bertz CT molecular complexity index is 854. The Hall–Kier alpha value is -3.42. The second-order valence-electron chi connectivity index (χ2n) is 5.17. The third-order valence-corrected chi connectivity index (χ3v) is 3.40. The van der Waals surface area contributed by atoms with Gasteiger partial charge in [-0.05, 0) is 25.1 Å². The van der Waals surface area contributed by atoms with Crippen LogP contribution in [0.4, 0.5) is 5.82 Å². The van der Waals surface area contributed by atoms with Crippen molar-refractivity contribution in [2.24, 2.45) is 0 Å². The van der Waals surface area contributed by atoms with E-state index in [4.69, 9.17) is 4.42 Å². The van der Waals surface area contributed by atoms with Crippen molar-refractivity contribution >= 4 is 17.8 Å². The Labute approximate surface area is 144 Å². The summed E-state index contributed by atoms with van der Waals surface area (Å²) in [5, 5.41) is 5.93. The van der Waals surface area contributed by atoms with Crippen LogP contribution in [-0.4, -0.2) is 38.5 Å². The topological polar surface area (TPSA) is 97.9 Å². The SMILES string of the molecule is Cc1nccn1-c1cc(NCCNC(=O)/C=C/c2ccco2)ncn1. The summed E-state index contributed by atoms with van der Waals surface area (Å²) in [4.78, 5) is 24.3. The maximum absolute atomic E-state index is 11.7. The molecule has 0 aliphatic rings. The first-order valence-electron chi connectivity index (χ1n) is 7.78. The van der Waals surface area contributed by atoms with E-state index < -0.39 is 0 Å². The number of anilines is 1. The summed E-state index contributed by atoms with van der Waals surface area (Å²) in [7, 11) is 0. The number of aryl methyl sites for hydroxylation is 1. The molecule has 25 heavy (non-hydrogen) atoms. The number of carbonyl (C=O) groups is 1. The molecule has 3 aromatic heterocycles. The third kappa shape index (κ3) is 4.54. The molecule has 0 unspecified atom stereocenters. The zero-order chi connectivity index (χ0) is 17.5. The predicted molar refractivity (Wildman–Crippen MR) is 93.1 cm³/mol. The van der Waals surface area contributed by atoms with E-state index in [1.807, 2.05) is 23.8 Å². The van der Waals surface area contributed by atoms with Gasteiger partial charge in [-0.3, -0.25) is 9.36 Å². The largest absolute Gasteiger partial charge is 0.465 e. The van der Waals surface area contributed by atoms with Gasteiger partial charge in [0.25, 0.3) is 0 Å². The second kappa shape index (κ2) is 7.91. The quantitative estimate of drug-likeness (QED) is 0.504. The molecule has 0 saturated carbocycles. The minimum atomic E-state index is -0.185. The average molecular weight is 338 g/mol. The Morgan fingerprint density at radius 1 is 1.32 bits per heavy atom. The van der Waals surface area contributed by atoms with E-state index in [0.29, 0.717) is 24.7 Å². The molecule has 0 atom stereocenters. The normalized spacial score (nSPS) is 10.9. The summed E-state index contributed by atoms with van der Waals surface area (Å²) in [6, 6.07) is 5.37. The van der Waals surface area contributed by atoms with Gasteiger partial charge in [-0.1, -0.05) is 0 Å². The number of hydrogen-bond acceptors (Lipinski definition) is 6. The van der Waals surface area contributed by atoms with Crippen molar-refractivity contribution in [1.82, 2.24) is 24.8 Å². The van der Waals surface area contributed by atoms with Gasteiger partial charge in [-0.25, -0.2) is 15.0 Å². The molecule has 3 rings (SSSR count). The lowest BCUT2D eigenvalue weighted by Gasteiger charge is -2.08. The predicted octanol–water partition coefficient (Wildman–Crippen LogP) is 1.81. The maximum atomic E-state index is 11.7. The lowest BCUT2D eigenvalue weighted by molar-refractivity contribution is -0.116. The summed E-state index contributed by atoms with van der Waals surface area (Å²) in [6.45, 7) is 2.91. The number of hydrogen-bond donors (Lipinski definition) is 2. The molecule has 0 fully saturated rings. The number of amides is 1. The van der Waals surface area contributed by atoms with Crippen LogP contribution in [0.2, 0.25) is 0 Å². The Morgan fingerprint density at radius 2 is 2.24 bits per heavy atom. The Kier molecular flexibility index (Phi) is 5.20. The van der Waals surface area contributed by atoms with E-state index in [1.165, 1.54) is 12.4 Å². The molecule has 0 spiro atoms. The van der Waals surface area contributed by atoms with Crippen molar-refractivity contribution in [2.75, 3.05) is 18.4 Å². The highest BCUT2D eigenvalue weighted by Gasteiger charge is 2.03. The van der Waals surface area contributed by atoms with Crippen molar-refractivity contribution in [3.63, 3.8) is 0 Å². The van der Waals surface area contributed by atoms with Crippen LogP contribution in [0, 0.1) is 6.92 Å². The number of aromatic nitrogens is 4. The van der Waals surface area contributed by atoms with E-state index in [-0.39, 0.29) is 5.91 Å². The highest BCUT2D eigenvalue weighted by atomic mass is 16.3. The molecule has 2 N–H and O–H groups in total. The zero-order valence-electron chi connectivity index (χ0n) is 13.7. The van der Waals surface area contributed by atoms with Crippen LogP contribution in [0.15, 0.2) is 53.7 Å². The van der Waals surface area contributed by atoms with Crippen molar-refractivity contribution in [3.8, 4) is 5.82 Å². The third-order valence-electron chi connectivity index (χ3n) is 3.40. The molecule has 1 amide bonds. The van der Waals surface area contributed by atoms with E-state index >= 15 is 0 Å². The van der Waals surface area contributed by atoms with Gasteiger partial charge in [0, 0.05) is 37.6 Å². The molecule has 0 aliphatic carbocycles. The van der Waals surface area contributed by atoms with Crippen LogP contribution in [0.3, 0.4) is 0 Å². The van der Waals surface area contributed by atoms with E-state index in [9.17, 15) is 4.79 Å². The van der Waals surface area contributed by atoms with Gasteiger partial charge < -0.3 is 15.1 Å². The fraction of sp³-hybridized carbons (Fsp3) is 0.176. The van der Waals surface area contributed by atoms with E-state index in [2.05, 4.69) is 25.6 Å². The highest BCUT2D eigenvalue weighted by Crippen LogP contribution is 2.10.